The van der Waals surface area contributed by atoms with E-state index in [2.05, 4.69) is 12.1 Å². The number of benzene rings is 4. The van der Waals surface area contributed by atoms with Gasteiger partial charge in [-0.3, -0.25) is 0 Å². The van der Waals surface area contributed by atoms with E-state index in [1.165, 1.54) is 24.3 Å². The standard InChI is InChI=1S/C26H14F2N2/c27-21-10-8-19(9-11-21)24-13-12-23(18-6-4-17(15-29)5-7-18)25(16-30)26(24)20-2-1-3-22(28)14-20/h1-14H. The summed E-state index contributed by atoms with van der Waals surface area (Å²) in [6.45, 7) is 0. The first kappa shape index (κ1) is 19.1. The normalized spacial score (nSPS) is 10.3. The number of halogens is 2. The Balaban J connectivity index is 2.02. The maximum absolute atomic E-state index is 14.0. The minimum atomic E-state index is -0.412. The highest BCUT2D eigenvalue weighted by molar-refractivity contribution is 5.92. The molecule has 0 heterocycles. The predicted octanol–water partition coefficient (Wildman–Crippen LogP) is 6.71. The summed E-state index contributed by atoms with van der Waals surface area (Å²) in [5, 5.41) is 19.1. The maximum atomic E-state index is 14.0. The summed E-state index contributed by atoms with van der Waals surface area (Å²) in [6, 6.07) is 27.0. The van der Waals surface area contributed by atoms with Gasteiger partial charge in [0.25, 0.3) is 0 Å². The molecule has 0 saturated heterocycles. The fraction of sp³-hybridized carbons (Fsp3) is 0. The second-order valence-electron chi connectivity index (χ2n) is 6.73. The Hall–Kier alpha value is -4.28. The topological polar surface area (TPSA) is 47.6 Å². The molecule has 0 unspecified atom stereocenters. The first-order chi connectivity index (χ1) is 14.6. The molecule has 0 aliphatic carbocycles. The fourth-order valence-electron chi connectivity index (χ4n) is 3.50. The van der Waals surface area contributed by atoms with Crippen LogP contribution in [0.2, 0.25) is 0 Å². The third-order valence-corrected chi connectivity index (χ3v) is 4.91. The SMILES string of the molecule is N#Cc1ccc(-c2ccc(-c3ccc(F)cc3)c(-c3cccc(F)c3)c2C#N)cc1. The van der Waals surface area contributed by atoms with Gasteiger partial charge in [0.15, 0.2) is 0 Å². The van der Waals surface area contributed by atoms with E-state index in [9.17, 15) is 14.0 Å². The Bertz CT molecular complexity index is 1310. The van der Waals surface area contributed by atoms with E-state index in [-0.39, 0.29) is 5.82 Å². The van der Waals surface area contributed by atoms with Crippen molar-refractivity contribution in [2.45, 2.75) is 0 Å². The summed E-state index contributed by atoms with van der Waals surface area (Å²) in [5.41, 5.74) is 4.90. The molecule has 0 aromatic heterocycles. The number of rotatable bonds is 3. The van der Waals surface area contributed by atoms with Gasteiger partial charge >= 0.3 is 0 Å². The smallest absolute Gasteiger partial charge is 0.123 e. The Kier molecular flexibility index (Phi) is 5.08. The molecule has 0 amide bonds. The van der Waals surface area contributed by atoms with Crippen molar-refractivity contribution in [1.29, 1.82) is 10.5 Å². The van der Waals surface area contributed by atoms with Crippen molar-refractivity contribution >= 4 is 0 Å². The highest BCUT2D eigenvalue weighted by Crippen LogP contribution is 2.40. The summed E-state index contributed by atoms with van der Waals surface area (Å²) in [6.07, 6.45) is 0. The van der Waals surface area contributed by atoms with Crippen LogP contribution in [0.1, 0.15) is 11.1 Å². The monoisotopic (exact) mass is 392 g/mol. The number of nitriles is 2. The molecule has 0 spiro atoms. The van der Waals surface area contributed by atoms with Crippen LogP contribution in [0.3, 0.4) is 0 Å². The number of hydrogen-bond acceptors (Lipinski definition) is 2. The van der Waals surface area contributed by atoms with Gasteiger partial charge < -0.3 is 0 Å². The molecule has 0 saturated carbocycles. The molecule has 4 aromatic rings. The number of hydrogen-bond donors (Lipinski definition) is 0. The van der Waals surface area contributed by atoms with E-state index < -0.39 is 5.82 Å². The zero-order valence-electron chi connectivity index (χ0n) is 15.7. The van der Waals surface area contributed by atoms with Gasteiger partial charge in [0, 0.05) is 11.1 Å². The lowest BCUT2D eigenvalue weighted by Gasteiger charge is -2.16. The van der Waals surface area contributed by atoms with Gasteiger partial charge in [-0.2, -0.15) is 10.5 Å². The molecule has 0 atom stereocenters. The van der Waals surface area contributed by atoms with Crippen molar-refractivity contribution in [3.8, 4) is 45.5 Å². The van der Waals surface area contributed by atoms with Gasteiger partial charge in [-0.05, 0) is 58.7 Å². The quantitative estimate of drug-likeness (QED) is 0.389. The first-order valence-corrected chi connectivity index (χ1v) is 9.20. The molecule has 142 valence electrons. The van der Waals surface area contributed by atoms with Crippen LogP contribution in [-0.4, -0.2) is 0 Å². The average molecular weight is 392 g/mol. The summed E-state index contributed by atoms with van der Waals surface area (Å²) >= 11 is 0. The molecular weight excluding hydrogens is 378 g/mol. The van der Waals surface area contributed by atoms with Crippen LogP contribution >= 0.6 is 0 Å². The largest absolute Gasteiger partial charge is 0.207 e. The average Bonchev–Trinajstić information content (AvgIpc) is 2.78. The molecular formula is C26H14F2N2. The minimum absolute atomic E-state index is 0.360. The summed E-state index contributed by atoms with van der Waals surface area (Å²) < 4.78 is 27.5. The molecule has 4 rings (SSSR count). The van der Waals surface area contributed by atoms with Crippen LogP contribution < -0.4 is 0 Å². The van der Waals surface area contributed by atoms with Crippen LogP contribution in [0.4, 0.5) is 8.78 Å². The second kappa shape index (κ2) is 7.99. The zero-order valence-corrected chi connectivity index (χ0v) is 15.7. The highest BCUT2D eigenvalue weighted by atomic mass is 19.1. The van der Waals surface area contributed by atoms with Crippen LogP contribution in [0, 0.1) is 34.3 Å². The van der Waals surface area contributed by atoms with Gasteiger partial charge in [0.2, 0.25) is 0 Å². The Morgan fingerprint density at radius 1 is 0.567 bits per heavy atom. The molecule has 0 N–H and O–H groups in total. The van der Waals surface area contributed by atoms with Gasteiger partial charge in [0.1, 0.15) is 17.7 Å². The Labute approximate surface area is 172 Å². The van der Waals surface area contributed by atoms with E-state index in [1.807, 2.05) is 12.1 Å². The van der Waals surface area contributed by atoms with Crippen LogP contribution in [-0.2, 0) is 0 Å². The lowest BCUT2D eigenvalue weighted by Crippen LogP contribution is -1.95. The fourth-order valence-corrected chi connectivity index (χ4v) is 3.50. The van der Waals surface area contributed by atoms with Gasteiger partial charge in [-0.1, -0.05) is 48.5 Å². The second-order valence-corrected chi connectivity index (χ2v) is 6.73. The lowest BCUT2D eigenvalue weighted by molar-refractivity contribution is 0.628. The lowest BCUT2D eigenvalue weighted by atomic mass is 9.86. The molecule has 0 fully saturated rings. The van der Waals surface area contributed by atoms with Crippen molar-refractivity contribution in [3.05, 3.63) is 108 Å². The van der Waals surface area contributed by atoms with Gasteiger partial charge in [0.05, 0.1) is 17.2 Å². The van der Waals surface area contributed by atoms with Crippen LogP contribution in [0.15, 0.2) is 84.9 Å². The van der Waals surface area contributed by atoms with E-state index in [0.29, 0.717) is 33.4 Å². The van der Waals surface area contributed by atoms with E-state index in [1.54, 1.807) is 48.5 Å². The third kappa shape index (κ3) is 3.55. The van der Waals surface area contributed by atoms with Crippen molar-refractivity contribution in [3.63, 3.8) is 0 Å². The molecule has 0 bridgehead atoms. The van der Waals surface area contributed by atoms with Gasteiger partial charge in [-0.15, -0.1) is 0 Å². The summed E-state index contributed by atoms with van der Waals surface area (Å²) in [7, 11) is 0. The van der Waals surface area contributed by atoms with Crippen molar-refractivity contribution in [2.24, 2.45) is 0 Å². The molecule has 2 nitrogen and oxygen atoms in total. The molecule has 4 heteroatoms. The van der Waals surface area contributed by atoms with Crippen molar-refractivity contribution in [2.75, 3.05) is 0 Å². The molecule has 0 radical (unpaired) electrons. The summed E-state index contributed by atoms with van der Waals surface area (Å²) in [5.74, 6) is -0.772. The Morgan fingerprint density at radius 3 is 1.83 bits per heavy atom. The zero-order chi connectivity index (χ0) is 21.1. The third-order valence-electron chi connectivity index (χ3n) is 4.91. The van der Waals surface area contributed by atoms with Crippen molar-refractivity contribution < 1.29 is 8.78 Å². The highest BCUT2D eigenvalue weighted by Gasteiger charge is 2.18. The summed E-state index contributed by atoms with van der Waals surface area (Å²) in [4.78, 5) is 0. The molecule has 30 heavy (non-hydrogen) atoms. The molecule has 0 aliphatic rings. The number of nitrogens with zero attached hydrogens (tertiary/aromatic N) is 2. The maximum Gasteiger partial charge on any atom is 0.123 e. The molecule has 4 aromatic carbocycles. The van der Waals surface area contributed by atoms with E-state index in [4.69, 9.17) is 5.26 Å². The minimum Gasteiger partial charge on any atom is -0.207 e. The van der Waals surface area contributed by atoms with Gasteiger partial charge in [-0.25, -0.2) is 8.78 Å². The Morgan fingerprint density at radius 2 is 1.20 bits per heavy atom. The van der Waals surface area contributed by atoms with E-state index >= 15 is 0 Å². The molecule has 0 aliphatic heterocycles. The van der Waals surface area contributed by atoms with Crippen LogP contribution in [0.5, 0.6) is 0 Å². The van der Waals surface area contributed by atoms with Crippen LogP contribution in [0.25, 0.3) is 33.4 Å². The predicted molar refractivity (Wildman–Crippen MR) is 112 cm³/mol. The van der Waals surface area contributed by atoms with Crippen molar-refractivity contribution in [1.82, 2.24) is 0 Å². The first-order valence-electron chi connectivity index (χ1n) is 9.20. The van der Waals surface area contributed by atoms with E-state index in [0.717, 1.165) is 11.1 Å².